The van der Waals surface area contributed by atoms with Crippen molar-refractivity contribution in [2.45, 2.75) is 32.4 Å². The Labute approximate surface area is 128 Å². The van der Waals surface area contributed by atoms with Crippen LogP contribution in [0.1, 0.15) is 31.0 Å². The maximum absolute atomic E-state index is 6.02. The van der Waals surface area contributed by atoms with Crippen LogP contribution >= 0.6 is 0 Å². The largest absolute Gasteiger partial charge is 0.377 e. The van der Waals surface area contributed by atoms with Crippen molar-refractivity contribution in [2.24, 2.45) is 5.73 Å². The number of nitrogens with zero attached hydrogens (tertiary/aromatic N) is 2. The second-order valence-electron chi connectivity index (χ2n) is 6.21. The van der Waals surface area contributed by atoms with E-state index in [2.05, 4.69) is 55.9 Å². The van der Waals surface area contributed by atoms with Gasteiger partial charge in [-0.3, -0.25) is 4.90 Å². The fourth-order valence-electron chi connectivity index (χ4n) is 2.95. The molecule has 1 aliphatic rings. The molecule has 118 valence electrons. The number of benzene rings is 1. The van der Waals surface area contributed by atoms with Crippen molar-refractivity contribution in [3.63, 3.8) is 0 Å². The first-order chi connectivity index (χ1) is 10.0. The Morgan fingerprint density at radius 1 is 1.38 bits per heavy atom. The van der Waals surface area contributed by atoms with Gasteiger partial charge >= 0.3 is 0 Å². The van der Waals surface area contributed by atoms with Gasteiger partial charge in [-0.2, -0.15) is 0 Å². The zero-order valence-corrected chi connectivity index (χ0v) is 13.8. The van der Waals surface area contributed by atoms with E-state index in [9.17, 15) is 0 Å². The zero-order valence-electron chi connectivity index (χ0n) is 13.8. The van der Waals surface area contributed by atoms with Crippen LogP contribution in [0.3, 0.4) is 0 Å². The number of likely N-dealkylation sites (N-methyl/N-ethyl adjacent to an activating group) is 2. The van der Waals surface area contributed by atoms with Crippen molar-refractivity contribution in [3.8, 4) is 0 Å². The molecule has 0 spiro atoms. The predicted octanol–water partition coefficient (Wildman–Crippen LogP) is 2.04. The molecule has 2 N–H and O–H groups in total. The van der Waals surface area contributed by atoms with Gasteiger partial charge in [0.05, 0.1) is 12.7 Å². The Morgan fingerprint density at radius 3 is 2.81 bits per heavy atom. The lowest BCUT2D eigenvalue weighted by Crippen LogP contribution is -2.33. The van der Waals surface area contributed by atoms with E-state index in [0.717, 1.165) is 26.1 Å². The van der Waals surface area contributed by atoms with Crippen molar-refractivity contribution in [3.05, 3.63) is 29.3 Å². The molecule has 0 saturated heterocycles. The number of hydrogen-bond acceptors (Lipinski definition) is 4. The van der Waals surface area contributed by atoms with Crippen LogP contribution in [0.15, 0.2) is 18.2 Å². The summed E-state index contributed by atoms with van der Waals surface area (Å²) in [5.74, 6) is 0. The summed E-state index contributed by atoms with van der Waals surface area (Å²) >= 11 is 0. The molecule has 1 aliphatic heterocycles. The molecule has 0 aliphatic carbocycles. The minimum absolute atomic E-state index is 0.261. The molecule has 1 heterocycles. The molecule has 0 saturated carbocycles. The van der Waals surface area contributed by atoms with Crippen molar-refractivity contribution in [1.82, 2.24) is 4.90 Å². The molecule has 1 unspecified atom stereocenters. The first-order valence-electron chi connectivity index (χ1n) is 7.88. The maximum Gasteiger partial charge on any atom is 0.0597 e. The van der Waals surface area contributed by atoms with Crippen molar-refractivity contribution in [1.29, 1.82) is 0 Å². The van der Waals surface area contributed by atoms with Gasteiger partial charge in [0.25, 0.3) is 0 Å². The number of anilines is 1. The minimum atomic E-state index is 0.261. The molecular weight excluding hydrogens is 262 g/mol. The second kappa shape index (κ2) is 7.25. The van der Waals surface area contributed by atoms with Gasteiger partial charge in [-0.05, 0) is 44.5 Å². The van der Waals surface area contributed by atoms with E-state index >= 15 is 0 Å². The Hall–Kier alpha value is -1.10. The normalized spacial score (nSPS) is 15.9. The van der Waals surface area contributed by atoms with Gasteiger partial charge in [0.2, 0.25) is 0 Å². The number of nitrogens with two attached hydrogens (primary N) is 1. The Balaban J connectivity index is 2.03. The fraction of sp³-hybridized carbons (Fsp3) is 0.647. The van der Waals surface area contributed by atoms with Crippen LogP contribution < -0.4 is 10.6 Å². The third-order valence-electron chi connectivity index (χ3n) is 4.27. The highest BCUT2D eigenvalue weighted by Gasteiger charge is 2.20. The van der Waals surface area contributed by atoms with Crippen LogP contribution in [0.2, 0.25) is 0 Å². The van der Waals surface area contributed by atoms with Crippen LogP contribution in [-0.2, 0) is 11.2 Å². The van der Waals surface area contributed by atoms with Gasteiger partial charge in [-0.1, -0.05) is 12.1 Å². The van der Waals surface area contributed by atoms with Gasteiger partial charge in [-0.25, -0.2) is 0 Å². The average Bonchev–Trinajstić information content (AvgIpc) is 2.80. The quantitative estimate of drug-likeness (QED) is 0.835. The number of ether oxygens (including phenoxy) is 1. The molecule has 21 heavy (non-hydrogen) atoms. The molecule has 4 heteroatoms. The molecule has 0 amide bonds. The molecule has 1 atom stereocenters. The van der Waals surface area contributed by atoms with Crippen LogP contribution in [-0.4, -0.2) is 51.3 Å². The molecule has 0 radical (unpaired) electrons. The molecule has 0 fully saturated rings. The predicted molar refractivity (Wildman–Crippen MR) is 88.9 cm³/mol. The molecule has 0 bridgehead atoms. The fourth-order valence-corrected chi connectivity index (χ4v) is 2.95. The monoisotopic (exact) mass is 291 g/mol. The van der Waals surface area contributed by atoms with Crippen molar-refractivity contribution in [2.75, 3.05) is 45.2 Å². The SMILES string of the molecule is CC(C)OCCN(C)C(CN)c1ccc2c(c1)CCN2C. The lowest BCUT2D eigenvalue weighted by molar-refractivity contribution is 0.0564. The van der Waals surface area contributed by atoms with E-state index in [1.165, 1.54) is 16.8 Å². The van der Waals surface area contributed by atoms with E-state index in [1.54, 1.807) is 0 Å². The lowest BCUT2D eigenvalue weighted by atomic mass is 10.0. The molecule has 1 aromatic carbocycles. The van der Waals surface area contributed by atoms with E-state index in [1.807, 2.05) is 0 Å². The molecule has 2 rings (SSSR count). The van der Waals surface area contributed by atoms with E-state index in [0.29, 0.717) is 6.54 Å². The first-order valence-corrected chi connectivity index (χ1v) is 7.88. The number of hydrogen-bond donors (Lipinski definition) is 1. The van der Waals surface area contributed by atoms with Crippen LogP contribution in [0.5, 0.6) is 0 Å². The van der Waals surface area contributed by atoms with Crippen molar-refractivity contribution < 1.29 is 4.74 Å². The van der Waals surface area contributed by atoms with Crippen LogP contribution in [0, 0.1) is 0 Å². The first kappa shape index (κ1) is 16.3. The summed E-state index contributed by atoms with van der Waals surface area (Å²) in [4.78, 5) is 4.61. The molecule has 0 aromatic heterocycles. The molecular formula is C17H29N3O. The van der Waals surface area contributed by atoms with Crippen molar-refractivity contribution >= 4 is 5.69 Å². The van der Waals surface area contributed by atoms with E-state index in [4.69, 9.17) is 10.5 Å². The zero-order chi connectivity index (χ0) is 15.4. The third-order valence-corrected chi connectivity index (χ3v) is 4.27. The summed E-state index contributed by atoms with van der Waals surface area (Å²) in [5, 5.41) is 0. The van der Waals surface area contributed by atoms with E-state index in [-0.39, 0.29) is 12.1 Å². The lowest BCUT2D eigenvalue weighted by Gasteiger charge is -2.28. The number of fused-ring (bicyclic) bond motifs is 1. The van der Waals surface area contributed by atoms with Crippen LogP contribution in [0.25, 0.3) is 0 Å². The number of rotatable bonds is 7. The Kier molecular flexibility index (Phi) is 5.62. The minimum Gasteiger partial charge on any atom is -0.377 e. The van der Waals surface area contributed by atoms with Gasteiger partial charge in [-0.15, -0.1) is 0 Å². The molecule has 4 nitrogen and oxygen atoms in total. The highest BCUT2D eigenvalue weighted by Crippen LogP contribution is 2.30. The standard InChI is InChI=1S/C17H29N3O/c1-13(2)21-10-9-20(4)17(12-18)14-5-6-16-15(11-14)7-8-19(16)3/h5-6,11,13,17H,7-10,12,18H2,1-4H3. The summed E-state index contributed by atoms with van der Waals surface area (Å²) in [5.41, 5.74) is 10.1. The summed E-state index contributed by atoms with van der Waals surface area (Å²) in [6.07, 6.45) is 1.42. The topological polar surface area (TPSA) is 41.7 Å². The third kappa shape index (κ3) is 3.96. The average molecular weight is 291 g/mol. The Morgan fingerprint density at radius 2 is 2.14 bits per heavy atom. The smallest absolute Gasteiger partial charge is 0.0597 e. The van der Waals surface area contributed by atoms with Gasteiger partial charge < -0.3 is 15.4 Å². The highest BCUT2D eigenvalue weighted by molar-refractivity contribution is 5.58. The maximum atomic E-state index is 6.02. The summed E-state index contributed by atoms with van der Waals surface area (Å²) < 4.78 is 5.64. The van der Waals surface area contributed by atoms with Crippen LogP contribution in [0.4, 0.5) is 5.69 Å². The molecule has 1 aromatic rings. The van der Waals surface area contributed by atoms with Gasteiger partial charge in [0.1, 0.15) is 0 Å². The van der Waals surface area contributed by atoms with Gasteiger partial charge in [0, 0.05) is 38.4 Å². The Bertz CT molecular complexity index is 461. The summed E-state index contributed by atoms with van der Waals surface area (Å²) in [7, 11) is 4.28. The van der Waals surface area contributed by atoms with Gasteiger partial charge in [0.15, 0.2) is 0 Å². The highest BCUT2D eigenvalue weighted by atomic mass is 16.5. The summed E-state index contributed by atoms with van der Waals surface area (Å²) in [6.45, 7) is 7.53. The van der Waals surface area contributed by atoms with E-state index < -0.39 is 0 Å². The second-order valence-corrected chi connectivity index (χ2v) is 6.21. The summed E-state index contributed by atoms with van der Waals surface area (Å²) in [6, 6.07) is 7.05.